The SMILES string of the molecule is CCNC(=O)c1cc2c(Oc3ccc(NC(=O)NC4CC4)c(Cl)c3)ccnc2cc1O. The highest BCUT2D eigenvalue weighted by Gasteiger charge is 2.23. The summed E-state index contributed by atoms with van der Waals surface area (Å²) in [6.07, 6.45) is 3.53. The van der Waals surface area contributed by atoms with Crippen molar-refractivity contribution in [2.75, 3.05) is 11.9 Å². The number of carbonyl (C=O) groups is 2. The molecule has 0 unspecified atom stereocenters. The minimum Gasteiger partial charge on any atom is -0.507 e. The predicted molar refractivity (Wildman–Crippen MR) is 118 cm³/mol. The van der Waals surface area contributed by atoms with Gasteiger partial charge >= 0.3 is 6.03 Å². The third-order valence-electron chi connectivity index (χ3n) is 4.73. The average molecular weight is 441 g/mol. The number of amides is 3. The highest BCUT2D eigenvalue weighted by atomic mass is 35.5. The van der Waals surface area contributed by atoms with E-state index in [0.717, 1.165) is 12.8 Å². The fraction of sp³-hybridized carbons (Fsp3) is 0.227. The van der Waals surface area contributed by atoms with E-state index in [1.807, 2.05) is 0 Å². The Bertz CT molecular complexity index is 1160. The van der Waals surface area contributed by atoms with Gasteiger partial charge in [0.05, 0.1) is 21.8 Å². The molecule has 0 radical (unpaired) electrons. The van der Waals surface area contributed by atoms with Gasteiger partial charge in [0, 0.05) is 36.3 Å². The number of nitrogens with one attached hydrogen (secondary N) is 3. The van der Waals surface area contributed by atoms with Crippen LogP contribution in [0.4, 0.5) is 10.5 Å². The second-order valence-electron chi connectivity index (χ2n) is 7.17. The van der Waals surface area contributed by atoms with Gasteiger partial charge in [-0.15, -0.1) is 0 Å². The quantitative estimate of drug-likeness (QED) is 0.453. The van der Waals surface area contributed by atoms with Crippen LogP contribution < -0.4 is 20.7 Å². The molecule has 160 valence electrons. The Hall–Kier alpha value is -3.52. The van der Waals surface area contributed by atoms with Crippen molar-refractivity contribution in [3.8, 4) is 17.2 Å². The molecule has 0 bridgehead atoms. The molecule has 9 heteroatoms. The maximum atomic E-state index is 12.2. The van der Waals surface area contributed by atoms with Crippen molar-refractivity contribution in [3.05, 3.63) is 53.2 Å². The first-order valence-corrected chi connectivity index (χ1v) is 10.3. The van der Waals surface area contributed by atoms with Crippen LogP contribution in [-0.4, -0.2) is 34.6 Å². The lowest BCUT2D eigenvalue weighted by atomic mass is 10.1. The number of hydrogen-bond donors (Lipinski definition) is 4. The summed E-state index contributed by atoms with van der Waals surface area (Å²) in [6.45, 7) is 2.23. The Morgan fingerprint density at radius 1 is 1.23 bits per heavy atom. The lowest BCUT2D eigenvalue weighted by molar-refractivity contribution is 0.0953. The van der Waals surface area contributed by atoms with Crippen LogP contribution in [0.25, 0.3) is 10.9 Å². The van der Waals surface area contributed by atoms with Crippen LogP contribution in [0.2, 0.25) is 5.02 Å². The maximum absolute atomic E-state index is 12.2. The van der Waals surface area contributed by atoms with Crippen LogP contribution in [0.5, 0.6) is 17.2 Å². The number of ether oxygens (including phenoxy) is 1. The van der Waals surface area contributed by atoms with E-state index in [-0.39, 0.29) is 29.3 Å². The number of aromatic hydroxyl groups is 1. The summed E-state index contributed by atoms with van der Waals surface area (Å²) >= 11 is 6.31. The number of pyridine rings is 1. The van der Waals surface area contributed by atoms with Gasteiger partial charge in [-0.3, -0.25) is 9.78 Å². The van der Waals surface area contributed by atoms with Gasteiger partial charge < -0.3 is 25.8 Å². The second kappa shape index (κ2) is 8.69. The minimum absolute atomic E-state index is 0.131. The number of phenols is 1. The molecule has 0 aliphatic heterocycles. The van der Waals surface area contributed by atoms with E-state index in [1.54, 1.807) is 37.4 Å². The molecular formula is C22H21ClN4O4. The van der Waals surface area contributed by atoms with E-state index in [2.05, 4.69) is 20.9 Å². The van der Waals surface area contributed by atoms with E-state index in [1.165, 1.54) is 12.1 Å². The Kier molecular flexibility index (Phi) is 5.81. The van der Waals surface area contributed by atoms with Crippen molar-refractivity contribution in [1.29, 1.82) is 0 Å². The number of aromatic nitrogens is 1. The van der Waals surface area contributed by atoms with Crippen molar-refractivity contribution in [2.45, 2.75) is 25.8 Å². The summed E-state index contributed by atoms with van der Waals surface area (Å²) in [5.74, 6) is 0.336. The van der Waals surface area contributed by atoms with E-state index in [9.17, 15) is 14.7 Å². The first-order valence-electron chi connectivity index (χ1n) is 9.89. The largest absolute Gasteiger partial charge is 0.507 e. The van der Waals surface area contributed by atoms with Gasteiger partial charge in [0.15, 0.2) is 0 Å². The molecule has 4 rings (SSSR count). The number of phenolic OH excluding ortho intramolecular Hbond substituents is 1. The molecule has 0 spiro atoms. The summed E-state index contributed by atoms with van der Waals surface area (Å²) in [5, 5.41) is 19.3. The highest BCUT2D eigenvalue weighted by molar-refractivity contribution is 6.33. The third-order valence-corrected chi connectivity index (χ3v) is 5.04. The normalized spacial score (nSPS) is 13.0. The van der Waals surface area contributed by atoms with E-state index >= 15 is 0 Å². The summed E-state index contributed by atoms with van der Waals surface area (Å²) in [4.78, 5) is 28.4. The number of halogens is 1. The second-order valence-corrected chi connectivity index (χ2v) is 7.58. The van der Waals surface area contributed by atoms with Gasteiger partial charge in [0.1, 0.15) is 17.2 Å². The minimum atomic E-state index is -0.389. The van der Waals surface area contributed by atoms with Gasteiger partial charge in [0.2, 0.25) is 0 Å². The van der Waals surface area contributed by atoms with Crippen LogP contribution in [0.3, 0.4) is 0 Å². The molecule has 1 aliphatic carbocycles. The Morgan fingerprint density at radius 3 is 2.74 bits per heavy atom. The van der Waals surface area contributed by atoms with Gasteiger partial charge in [-0.05, 0) is 44.0 Å². The molecule has 1 aliphatic rings. The monoisotopic (exact) mass is 440 g/mol. The average Bonchev–Trinajstić information content (AvgIpc) is 3.54. The Balaban J connectivity index is 1.58. The molecule has 2 aromatic carbocycles. The molecule has 1 fully saturated rings. The van der Waals surface area contributed by atoms with Crippen molar-refractivity contribution < 1.29 is 19.4 Å². The molecule has 31 heavy (non-hydrogen) atoms. The van der Waals surface area contributed by atoms with Crippen molar-refractivity contribution in [2.24, 2.45) is 0 Å². The Labute approximate surface area is 183 Å². The summed E-state index contributed by atoms with van der Waals surface area (Å²) in [7, 11) is 0. The molecule has 0 atom stereocenters. The number of benzene rings is 2. The zero-order valence-corrected chi connectivity index (χ0v) is 17.5. The van der Waals surface area contributed by atoms with Crippen LogP contribution >= 0.6 is 11.6 Å². The fourth-order valence-corrected chi connectivity index (χ4v) is 3.26. The van der Waals surface area contributed by atoms with E-state index in [0.29, 0.717) is 39.7 Å². The number of carbonyl (C=O) groups excluding carboxylic acids is 2. The molecule has 0 saturated heterocycles. The smallest absolute Gasteiger partial charge is 0.319 e. The summed E-state index contributed by atoms with van der Waals surface area (Å²) in [6, 6.07) is 9.48. The maximum Gasteiger partial charge on any atom is 0.319 e. The number of nitrogens with zero attached hydrogens (tertiary/aromatic N) is 1. The molecule has 1 aromatic heterocycles. The first-order chi connectivity index (χ1) is 14.9. The zero-order chi connectivity index (χ0) is 22.0. The topological polar surface area (TPSA) is 113 Å². The molecule has 3 amide bonds. The molecular weight excluding hydrogens is 420 g/mol. The summed E-state index contributed by atoms with van der Waals surface area (Å²) in [5.41, 5.74) is 1.07. The molecule has 3 aromatic rings. The number of urea groups is 1. The van der Waals surface area contributed by atoms with Crippen molar-refractivity contribution >= 4 is 40.1 Å². The predicted octanol–water partition coefficient (Wildman–Crippen LogP) is 4.42. The standard InChI is InChI=1S/C22H21ClN4O4/c1-2-24-21(29)15-10-14-18(11-19(15)28)25-8-7-20(14)31-13-5-6-17(16(23)9-13)27-22(30)26-12-3-4-12/h5-12,28H,2-4H2,1H3,(H,24,29)(H2,26,27,30). The van der Waals surface area contributed by atoms with Gasteiger partial charge in [-0.1, -0.05) is 11.6 Å². The molecule has 1 saturated carbocycles. The Morgan fingerprint density at radius 2 is 2.03 bits per heavy atom. The first kappa shape index (κ1) is 20.7. The number of hydrogen-bond acceptors (Lipinski definition) is 5. The molecule has 1 heterocycles. The van der Waals surface area contributed by atoms with E-state index in [4.69, 9.17) is 16.3 Å². The van der Waals surface area contributed by atoms with Gasteiger partial charge in [-0.2, -0.15) is 0 Å². The van der Waals surface area contributed by atoms with Gasteiger partial charge in [-0.25, -0.2) is 4.79 Å². The van der Waals surface area contributed by atoms with Gasteiger partial charge in [0.25, 0.3) is 5.91 Å². The van der Waals surface area contributed by atoms with Crippen LogP contribution in [0.1, 0.15) is 30.1 Å². The van der Waals surface area contributed by atoms with Crippen molar-refractivity contribution in [3.63, 3.8) is 0 Å². The number of anilines is 1. The van der Waals surface area contributed by atoms with Crippen LogP contribution in [0.15, 0.2) is 42.6 Å². The van der Waals surface area contributed by atoms with Crippen molar-refractivity contribution in [1.82, 2.24) is 15.6 Å². The van der Waals surface area contributed by atoms with Crippen LogP contribution in [0, 0.1) is 0 Å². The van der Waals surface area contributed by atoms with Crippen LogP contribution in [-0.2, 0) is 0 Å². The molecule has 8 nitrogen and oxygen atoms in total. The lowest BCUT2D eigenvalue weighted by Gasteiger charge is -2.13. The number of rotatable bonds is 6. The lowest BCUT2D eigenvalue weighted by Crippen LogP contribution is -2.30. The fourth-order valence-electron chi connectivity index (χ4n) is 3.04. The molecule has 4 N–H and O–H groups in total. The zero-order valence-electron chi connectivity index (χ0n) is 16.7. The highest BCUT2D eigenvalue weighted by Crippen LogP contribution is 2.35. The third kappa shape index (κ3) is 4.80. The summed E-state index contributed by atoms with van der Waals surface area (Å²) < 4.78 is 5.98. The number of fused-ring (bicyclic) bond motifs is 1. The van der Waals surface area contributed by atoms with E-state index < -0.39 is 0 Å².